The molecule has 0 spiro atoms. The standard InChI is InChI=1S/C6H14O.C2H4O/c1-4-6(3)7-5-2;1-2-3/h6H,4-5H2,1-3H3;2H,1H3. The third-order valence-corrected chi connectivity index (χ3v) is 1.03. The zero-order valence-corrected chi connectivity index (χ0v) is 7.39. The third kappa shape index (κ3) is 15.6. The minimum Gasteiger partial charge on any atom is -0.379 e. The van der Waals surface area contributed by atoms with Crippen LogP contribution in [0.5, 0.6) is 0 Å². The van der Waals surface area contributed by atoms with E-state index >= 15 is 0 Å². The minimum absolute atomic E-state index is 0.449. The van der Waals surface area contributed by atoms with Gasteiger partial charge in [-0.1, -0.05) is 6.92 Å². The number of rotatable bonds is 3. The summed E-state index contributed by atoms with van der Waals surface area (Å²) in [6.07, 6.45) is 2.32. The van der Waals surface area contributed by atoms with Crippen molar-refractivity contribution in [1.82, 2.24) is 0 Å². The maximum absolute atomic E-state index is 8.81. The molecule has 0 saturated heterocycles. The smallest absolute Gasteiger partial charge is 0.116 e. The maximum atomic E-state index is 8.81. The first kappa shape index (κ1) is 12.3. The van der Waals surface area contributed by atoms with Gasteiger partial charge in [0.1, 0.15) is 6.29 Å². The highest BCUT2D eigenvalue weighted by atomic mass is 16.5. The van der Waals surface area contributed by atoms with Gasteiger partial charge in [0.15, 0.2) is 0 Å². The molecule has 1 unspecified atom stereocenters. The van der Waals surface area contributed by atoms with Gasteiger partial charge < -0.3 is 9.53 Å². The second kappa shape index (κ2) is 11.4. The van der Waals surface area contributed by atoms with Gasteiger partial charge in [0, 0.05) is 6.61 Å². The topological polar surface area (TPSA) is 26.3 Å². The molecule has 0 aliphatic carbocycles. The van der Waals surface area contributed by atoms with Crippen LogP contribution in [0.3, 0.4) is 0 Å². The molecular weight excluding hydrogens is 128 g/mol. The van der Waals surface area contributed by atoms with Gasteiger partial charge in [0.2, 0.25) is 0 Å². The Hall–Kier alpha value is -0.370. The molecule has 0 rings (SSSR count). The maximum Gasteiger partial charge on any atom is 0.116 e. The van der Waals surface area contributed by atoms with Crippen LogP contribution in [0.25, 0.3) is 0 Å². The number of carbonyl (C=O) groups is 1. The quantitative estimate of drug-likeness (QED) is 0.569. The van der Waals surface area contributed by atoms with E-state index in [4.69, 9.17) is 9.53 Å². The average Bonchev–Trinajstić information content (AvgIpc) is 1.90. The van der Waals surface area contributed by atoms with Gasteiger partial charge in [-0.3, -0.25) is 0 Å². The molecule has 10 heavy (non-hydrogen) atoms. The molecule has 0 fully saturated rings. The van der Waals surface area contributed by atoms with E-state index in [0.717, 1.165) is 19.3 Å². The van der Waals surface area contributed by atoms with Crippen molar-refractivity contribution in [3.05, 3.63) is 0 Å². The van der Waals surface area contributed by atoms with E-state index in [1.165, 1.54) is 6.92 Å². The van der Waals surface area contributed by atoms with Gasteiger partial charge in [-0.05, 0) is 27.2 Å². The highest BCUT2D eigenvalue weighted by molar-refractivity contribution is 5.44. The largest absolute Gasteiger partial charge is 0.379 e. The molecule has 0 heterocycles. The van der Waals surface area contributed by atoms with Gasteiger partial charge in [-0.25, -0.2) is 0 Å². The second-order valence-corrected chi connectivity index (χ2v) is 1.91. The van der Waals surface area contributed by atoms with Crippen molar-refractivity contribution in [2.24, 2.45) is 0 Å². The van der Waals surface area contributed by atoms with Gasteiger partial charge >= 0.3 is 0 Å². The first-order chi connectivity index (χ1) is 4.72. The van der Waals surface area contributed by atoms with E-state index in [2.05, 4.69) is 13.8 Å². The molecule has 0 aliphatic rings. The van der Waals surface area contributed by atoms with Crippen molar-refractivity contribution >= 4 is 6.29 Å². The van der Waals surface area contributed by atoms with Gasteiger partial charge in [-0.2, -0.15) is 0 Å². The van der Waals surface area contributed by atoms with E-state index in [1.807, 2.05) is 6.92 Å². The van der Waals surface area contributed by atoms with E-state index in [1.54, 1.807) is 0 Å². The summed E-state index contributed by atoms with van der Waals surface area (Å²) in [5, 5.41) is 0. The van der Waals surface area contributed by atoms with Crippen LogP contribution >= 0.6 is 0 Å². The first-order valence-corrected chi connectivity index (χ1v) is 3.74. The van der Waals surface area contributed by atoms with Crippen molar-refractivity contribution in [3.8, 4) is 0 Å². The molecular formula is C8H18O2. The predicted octanol–water partition coefficient (Wildman–Crippen LogP) is 2.03. The van der Waals surface area contributed by atoms with Crippen LogP contribution in [0.1, 0.15) is 34.1 Å². The Balaban J connectivity index is 0. The van der Waals surface area contributed by atoms with Crippen molar-refractivity contribution in [3.63, 3.8) is 0 Å². The number of ether oxygens (including phenoxy) is 1. The number of aldehydes is 1. The summed E-state index contributed by atoms with van der Waals surface area (Å²) in [6.45, 7) is 8.52. The van der Waals surface area contributed by atoms with Crippen LogP contribution < -0.4 is 0 Å². The Kier molecular flexibility index (Phi) is 14.1. The van der Waals surface area contributed by atoms with Gasteiger partial charge in [0.25, 0.3) is 0 Å². The molecule has 0 aromatic rings. The Morgan fingerprint density at radius 1 is 1.50 bits per heavy atom. The lowest BCUT2D eigenvalue weighted by molar-refractivity contribution is -0.106. The molecule has 2 nitrogen and oxygen atoms in total. The summed E-state index contributed by atoms with van der Waals surface area (Å²) in [7, 11) is 0. The SMILES string of the molecule is CC=O.CCOC(C)CC. The fraction of sp³-hybridized carbons (Fsp3) is 0.875. The first-order valence-electron chi connectivity index (χ1n) is 3.74. The van der Waals surface area contributed by atoms with Crippen molar-refractivity contribution < 1.29 is 9.53 Å². The molecule has 0 aromatic carbocycles. The average molecular weight is 146 g/mol. The van der Waals surface area contributed by atoms with Crippen LogP contribution in [0.15, 0.2) is 0 Å². The minimum atomic E-state index is 0.449. The summed E-state index contributed by atoms with van der Waals surface area (Å²) in [6, 6.07) is 0. The zero-order chi connectivity index (χ0) is 8.41. The predicted molar refractivity (Wildman–Crippen MR) is 43.1 cm³/mol. The van der Waals surface area contributed by atoms with E-state index in [9.17, 15) is 0 Å². The van der Waals surface area contributed by atoms with Crippen LogP contribution in [0.4, 0.5) is 0 Å². The molecule has 0 aliphatic heterocycles. The van der Waals surface area contributed by atoms with Crippen molar-refractivity contribution in [1.29, 1.82) is 0 Å². The Bertz CT molecular complexity index is 62.3. The third-order valence-electron chi connectivity index (χ3n) is 1.03. The number of carbonyl (C=O) groups excluding carboxylic acids is 1. The summed E-state index contributed by atoms with van der Waals surface area (Å²) in [5.74, 6) is 0. The highest BCUT2D eigenvalue weighted by Gasteiger charge is 1.91. The van der Waals surface area contributed by atoms with Crippen LogP contribution in [0.2, 0.25) is 0 Å². The van der Waals surface area contributed by atoms with E-state index in [0.29, 0.717) is 6.10 Å². The van der Waals surface area contributed by atoms with E-state index < -0.39 is 0 Å². The van der Waals surface area contributed by atoms with Crippen LogP contribution in [-0.2, 0) is 9.53 Å². The lowest BCUT2D eigenvalue weighted by atomic mass is 10.3. The van der Waals surface area contributed by atoms with Crippen molar-refractivity contribution in [2.75, 3.05) is 6.61 Å². The normalized spacial score (nSPS) is 11.2. The number of hydrogen-bond donors (Lipinski definition) is 0. The summed E-state index contributed by atoms with van der Waals surface area (Å²) < 4.78 is 5.19. The molecule has 0 aromatic heterocycles. The van der Waals surface area contributed by atoms with Crippen molar-refractivity contribution in [2.45, 2.75) is 40.2 Å². The Morgan fingerprint density at radius 3 is 2.00 bits per heavy atom. The van der Waals surface area contributed by atoms with E-state index in [-0.39, 0.29) is 0 Å². The molecule has 0 bridgehead atoms. The molecule has 62 valence electrons. The second-order valence-electron chi connectivity index (χ2n) is 1.91. The lowest BCUT2D eigenvalue weighted by Crippen LogP contribution is -2.04. The summed E-state index contributed by atoms with van der Waals surface area (Å²) in [4.78, 5) is 8.81. The molecule has 1 atom stereocenters. The fourth-order valence-electron chi connectivity index (χ4n) is 0.402. The summed E-state index contributed by atoms with van der Waals surface area (Å²) >= 11 is 0. The monoisotopic (exact) mass is 146 g/mol. The molecule has 0 saturated carbocycles. The molecule has 0 radical (unpaired) electrons. The summed E-state index contributed by atoms with van der Waals surface area (Å²) in [5.41, 5.74) is 0. The van der Waals surface area contributed by atoms with Crippen LogP contribution in [-0.4, -0.2) is 19.0 Å². The number of hydrogen-bond acceptors (Lipinski definition) is 2. The van der Waals surface area contributed by atoms with Crippen LogP contribution in [0, 0.1) is 0 Å². The molecule has 0 amide bonds. The molecule has 2 heteroatoms. The lowest BCUT2D eigenvalue weighted by Gasteiger charge is -2.05. The Labute approximate surface area is 63.6 Å². The van der Waals surface area contributed by atoms with Gasteiger partial charge in [0.05, 0.1) is 6.10 Å². The Morgan fingerprint density at radius 2 is 1.90 bits per heavy atom. The highest BCUT2D eigenvalue weighted by Crippen LogP contribution is 1.92. The van der Waals surface area contributed by atoms with Gasteiger partial charge in [-0.15, -0.1) is 0 Å². The fourth-order valence-corrected chi connectivity index (χ4v) is 0.402. The zero-order valence-electron chi connectivity index (χ0n) is 7.39. The molecule has 0 N–H and O–H groups in total.